The summed E-state index contributed by atoms with van der Waals surface area (Å²) in [5, 5.41) is 3.01. The highest BCUT2D eigenvalue weighted by Gasteiger charge is 1.99. The summed E-state index contributed by atoms with van der Waals surface area (Å²) >= 11 is 3.22. The molecule has 0 atom stereocenters. The minimum absolute atomic E-state index is 0.186. The van der Waals surface area contributed by atoms with Gasteiger partial charge in [0.25, 0.3) is 0 Å². The van der Waals surface area contributed by atoms with E-state index in [1.54, 1.807) is 35.4 Å². The van der Waals surface area contributed by atoms with Crippen molar-refractivity contribution < 1.29 is 4.39 Å². The van der Waals surface area contributed by atoms with Gasteiger partial charge in [-0.25, -0.2) is 9.37 Å². The molecule has 0 N–H and O–H groups in total. The number of hydrogen-bond acceptors (Lipinski definition) is 3. The molecule has 4 heteroatoms. The van der Waals surface area contributed by atoms with Crippen molar-refractivity contribution in [1.82, 2.24) is 4.98 Å². The van der Waals surface area contributed by atoms with E-state index in [1.165, 1.54) is 12.1 Å². The molecular formula is C10H8FNS2. The molecular weight excluding hydrogens is 217 g/mol. The Bertz CT molecular complexity index is 400. The summed E-state index contributed by atoms with van der Waals surface area (Å²) in [6, 6.07) is 6.62. The van der Waals surface area contributed by atoms with Crippen LogP contribution in [0.15, 0.2) is 40.7 Å². The fraction of sp³-hybridized carbons (Fsp3) is 0.100. The summed E-state index contributed by atoms with van der Waals surface area (Å²) < 4.78 is 12.8. The molecule has 2 aromatic rings. The normalized spacial score (nSPS) is 10.4. The molecule has 0 unspecified atom stereocenters. The van der Waals surface area contributed by atoms with Crippen LogP contribution in [0.1, 0.15) is 5.01 Å². The van der Waals surface area contributed by atoms with Gasteiger partial charge in [0.2, 0.25) is 0 Å². The topological polar surface area (TPSA) is 12.9 Å². The zero-order chi connectivity index (χ0) is 9.80. The summed E-state index contributed by atoms with van der Waals surface area (Å²) in [5.74, 6) is 0.621. The van der Waals surface area contributed by atoms with Crippen LogP contribution in [0.25, 0.3) is 0 Å². The average molecular weight is 225 g/mol. The third-order valence-corrected chi connectivity index (χ3v) is 3.61. The first kappa shape index (κ1) is 9.68. The zero-order valence-electron chi connectivity index (χ0n) is 7.31. The van der Waals surface area contributed by atoms with Crippen LogP contribution in [0.4, 0.5) is 4.39 Å². The van der Waals surface area contributed by atoms with E-state index in [4.69, 9.17) is 0 Å². The average Bonchev–Trinajstić information content (AvgIpc) is 2.67. The lowest BCUT2D eigenvalue weighted by Crippen LogP contribution is -1.79. The molecule has 0 saturated carbocycles. The maximum atomic E-state index is 12.8. The lowest BCUT2D eigenvalue weighted by molar-refractivity contribution is 0.624. The number of aromatic nitrogens is 1. The van der Waals surface area contributed by atoms with Crippen molar-refractivity contribution in [3.8, 4) is 0 Å². The summed E-state index contributed by atoms with van der Waals surface area (Å²) in [7, 11) is 0. The lowest BCUT2D eigenvalue weighted by atomic mass is 10.4. The Morgan fingerprint density at radius 3 is 3.07 bits per heavy atom. The van der Waals surface area contributed by atoms with E-state index in [0.29, 0.717) is 0 Å². The Labute approximate surface area is 90.0 Å². The van der Waals surface area contributed by atoms with Gasteiger partial charge in [0.15, 0.2) is 0 Å². The van der Waals surface area contributed by atoms with E-state index in [1.807, 2.05) is 11.4 Å². The predicted octanol–water partition coefficient (Wildman–Crippen LogP) is 3.57. The van der Waals surface area contributed by atoms with E-state index >= 15 is 0 Å². The van der Waals surface area contributed by atoms with E-state index < -0.39 is 0 Å². The number of thioether (sulfide) groups is 1. The summed E-state index contributed by atoms with van der Waals surface area (Å²) in [5.41, 5.74) is 0. The van der Waals surface area contributed by atoms with Crippen molar-refractivity contribution >= 4 is 23.1 Å². The first-order valence-corrected chi connectivity index (χ1v) is 5.98. The monoisotopic (exact) mass is 225 g/mol. The molecule has 0 fully saturated rings. The Hall–Kier alpha value is -0.870. The molecule has 0 bridgehead atoms. The van der Waals surface area contributed by atoms with Gasteiger partial charge in [0.05, 0.1) is 5.75 Å². The molecule has 14 heavy (non-hydrogen) atoms. The Kier molecular flexibility index (Phi) is 3.16. The highest BCUT2D eigenvalue weighted by molar-refractivity contribution is 7.98. The van der Waals surface area contributed by atoms with Crippen LogP contribution in [0.3, 0.4) is 0 Å². The van der Waals surface area contributed by atoms with E-state index in [2.05, 4.69) is 4.98 Å². The predicted molar refractivity (Wildman–Crippen MR) is 58.1 cm³/mol. The molecule has 1 nitrogen and oxygen atoms in total. The van der Waals surface area contributed by atoms with Crippen LogP contribution in [0.5, 0.6) is 0 Å². The van der Waals surface area contributed by atoms with E-state index in [9.17, 15) is 4.39 Å². The van der Waals surface area contributed by atoms with Crippen LogP contribution < -0.4 is 0 Å². The van der Waals surface area contributed by atoms with E-state index in [0.717, 1.165) is 15.7 Å². The Morgan fingerprint density at radius 2 is 2.36 bits per heavy atom. The quantitative estimate of drug-likeness (QED) is 0.741. The second-order valence-corrected chi connectivity index (χ2v) is 4.70. The molecule has 0 aliphatic carbocycles. The maximum Gasteiger partial charge on any atom is 0.124 e. The van der Waals surface area contributed by atoms with Crippen LogP contribution in [-0.4, -0.2) is 4.98 Å². The number of benzene rings is 1. The lowest BCUT2D eigenvalue weighted by Gasteiger charge is -1.98. The van der Waals surface area contributed by atoms with Crippen LogP contribution >= 0.6 is 23.1 Å². The van der Waals surface area contributed by atoms with Gasteiger partial charge in [-0.2, -0.15) is 0 Å². The first-order chi connectivity index (χ1) is 6.84. The van der Waals surface area contributed by atoms with Crippen molar-refractivity contribution in [2.45, 2.75) is 10.6 Å². The maximum absolute atomic E-state index is 12.8. The van der Waals surface area contributed by atoms with Gasteiger partial charge in [-0.15, -0.1) is 23.1 Å². The van der Waals surface area contributed by atoms with Gasteiger partial charge >= 0.3 is 0 Å². The molecule has 0 amide bonds. The molecule has 0 radical (unpaired) electrons. The first-order valence-electron chi connectivity index (χ1n) is 4.11. The van der Waals surface area contributed by atoms with Crippen molar-refractivity contribution in [2.75, 3.05) is 0 Å². The highest BCUT2D eigenvalue weighted by atomic mass is 32.2. The van der Waals surface area contributed by atoms with Crippen molar-refractivity contribution in [3.05, 3.63) is 46.7 Å². The third kappa shape index (κ3) is 2.56. The van der Waals surface area contributed by atoms with Crippen molar-refractivity contribution in [1.29, 1.82) is 0 Å². The molecule has 0 aliphatic heterocycles. The molecule has 0 saturated heterocycles. The summed E-state index contributed by atoms with van der Waals surface area (Å²) in [6.07, 6.45) is 1.78. The number of hydrogen-bond donors (Lipinski definition) is 0. The molecule has 2 rings (SSSR count). The Morgan fingerprint density at radius 1 is 1.43 bits per heavy atom. The fourth-order valence-electron chi connectivity index (χ4n) is 1.03. The second-order valence-electron chi connectivity index (χ2n) is 2.67. The molecule has 1 heterocycles. The largest absolute Gasteiger partial charge is 0.249 e. The minimum atomic E-state index is -0.186. The van der Waals surface area contributed by atoms with Gasteiger partial charge in [-0.05, 0) is 18.2 Å². The third-order valence-electron chi connectivity index (χ3n) is 1.64. The molecule has 0 aliphatic rings. The standard InChI is InChI=1S/C10H8FNS2/c11-8-2-1-3-9(6-8)14-7-10-12-4-5-13-10/h1-6H,7H2. The van der Waals surface area contributed by atoms with Crippen molar-refractivity contribution in [2.24, 2.45) is 0 Å². The SMILES string of the molecule is Fc1cccc(SCc2nccs2)c1. The number of nitrogens with zero attached hydrogens (tertiary/aromatic N) is 1. The van der Waals surface area contributed by atoms with Crippen molar-refractivity contribution in [3.63, 3.8) is 0 Å². The van der Waals surface area contributed by atoms with Crippen LogP contribution in [0.2, 0.25) is 0 Å². The number of halogens is 1. The molecule has 1 aromatic heterocycles. The summed E-state index contributed by atoms with van der Waals surface area (Å²) in [6.45, 7) is 0. The van der Waals surface area contributed by atoms with Gasteiger partial charge < -0.3 is 0 Å². The van der Waals surface area contributed by atoms with Gasteiger partial charge in [0.1, 0.15) is 10.8 Å². The zero-order valence-corrected chi connectivity index (χ0v) is 8.95. The summed E-state index contributed by atoms with van der Waals surface area (Å²) in [4.78, 5) is 5.10. The number of thiazole rings is 1. The van der Waals surface area contributed by atoms with Gasteiger partial charge in [-0.1, -0.05) is 6.07 Å². The smallest absolute Gasteiger partial charge is 0.124 e. The number of rotatable bonds is 3. The van der Waals surface area contributed by atoms with Crippen LogP contribution in [0, 0.1) is 5.82 Å². The minimum Gasteiger partial charge on any atom is -0.249 e. The fourth-order valence-corrected chi connectivity index (χ4v) is 2.61. The molecule has 0 spiro atoms. The molecule has 1 aromatic carbocycles. The highest BCUT2D eigenvalue weighted by Crippen LogP contribution is 2.23. The van der Waals surface area contributed by atoms with Crippen LogP contribution in [-0.2, 0) is 5.75 Å². The van der Waals surface area contributed by atoms with E-state index in [-0.39, 0.29) is 5.82 Å². The van der Waals surface area contributed by atoms with Gasteiger partial charge in [0, 0.05) is 16.5 Å². The van der Waals surface area contributed by atoms with Gasteiger partial charge in [-0.3, -0.25) is 0 Å². The molecule has 72 valence electrons. The Balaban J connectivity index is 1.98. The second kappa shape index (κ2) is 4.57.